The number of aryl methyl sites for hydroxylation is 1. The smallest absolute Gasteiger partial charge is 0.120 e. The van der Waals surface area contributed by atoms with Gasteiger partial charge in [-0.1, -0.05) is 17.7 Å². The Morgan fingerprint density at radius 1 is 1.05 bits per heavy atom. The highest BCUT2D eigenvalue weighted by atomic mass is 16.3. The molecule has 0 atom stereocenters. The maximum atomic E-state index is 9.82. The van der Waals surface area contributed by atoms with Gasteiger partial charge in [-0.3, -0.25) is 0 Å². The second-order valence-corrected chi connectivity index (χ2v) is 4.85. The summed E-state index contributed by atoms with van der Waals surface area (Å²) < 4.78 is 0. The molecule has 0 aliphatic heterocycles. The van der Waals surface area contributed by atoms with Gasteiger partial charge in [-0.2, -0.15) is 15.0 Å². The molecule has 0 spiro atoms. The lowest BCUT2D eigenvalue weighted by Crippen LogP contribution is -2.01. The molecule has 0 aliphatic rings. The highest BCUT2D eigenvalue weighted by molar-refractivity contribution is 5.49. The fourth-order valence-electron chi connectivity index (χ4n) is 2.11. The molecule has 0 fully saturated rings. The third-order valence-corrected chi connectivity index (χ3v) is 3.23. The summed E-state index contributed by atoms with van der Waals surface area (Å²) in [5.74, 6) is 0.311. The van der Waals surface area contributed by atoms with Gasteiger partial charge in [0.2, 0.25) is 0 Å². The quantitative estimate of drug-likeness (QED) is 0.771. The molecular weight excluding hydrogens is 264 g/mol. The fourth-order valence-corrected chi connectivity index (χ4v) is 2.11. The van der Waals surface area contributed by atoms with Crippen LogP contribution in [-0.4, -0.2) is 20.1 Å². The van der Waals surface area contributed by atoms with Crippen molar-refractivity contribution in [2.45, 2.75) is 13.5 Å². The molecule has 0 saturated carbocycles. The van der Waals surface area contributed by atoms with Crippen LogP contribution < -0.4 is 5.32 Å². The monoisotopic (exact) mass is 280 g/mol. The number of phenols is 1. The van der Waals surface area contributed by atoms with Gasteiger partial charge in [-0.05, 0) is 37.3 Å². The minimum atomic E-state index is 0.311. The number of aromatic nitrogens is 3. The van der Waals surface area contributed by atoms with Crippen molar-refractivity contribution < 1.29 is 5.11 Å². The van der Waals surface area contributed by atoms with Crippen molar-refractivity contribution in [3.05, 3.63) is 66.0 Å². The number of nitrogens with one attached hydrogen (secondary N) is 1. The summed E-state index contributed by atoms with van der Waals surface area (Å²) in [5.41, 5.74) is 3.90. The third kappa shape index (κ3) is 3.02. The topological polar surface area (TPSA) is 63.0 Å². The van der Waals surface area contributed by atoms with Gasteiger partial charge in [-0.15, -0.1) is 0 Å². The van der Waals surface area contributed by atoms with Gasteiger partial charge < -0.3 is 10.4 Å². The number of rotatable bonds is 4. The minimum absolute atomic E-state index is 0.311. The van der Waals surface area contributed by atoms with Gasteiger partial charge in [0.15, 0.2) is 0 Å². The highest BCUT2D eigenvalue weighted by Gasteiger charge is 2.02. The van der Waals surface area contributed by atoms with E-state index in [2.05, 4.69) is 15.5 Å². The van der Waals surface area contributed by atoms with E-state index in [1.165, 1.54) is 0 Å². The highest BCUT2D eigenvalue weighted by Crippen LogP contribution is 2.20. The lowest BCUT2D eigenvalue weighted by Gasteiger charge is -2.09. The number of hydrogen-bond acceptors (Lipinski definition) is 4. The van der Waals surface area contributed by atoms with E-state index in [9.17, 15) is 5.11 Å². The first-order valence-electron chi connectivity index (χ1n) is 6.71. The number of nitrogens with zero attached hydrogens (tertiary/aromatic N) is 3. The number of phenolic OH excluding ortho intramolecular Hbond substituents is 1. The van der Waals surface area contributed by atoms with Crippen molar-refractivity contribution in [2.24, 2.45) is 0 Å². The summed E-state index contributed by atoms with van der Waals surface area (Å²) >= 11 is 0. The van der Waals surface area contributed by atoms with Crippen LogP contribution >= 0.6 is 0 Å². The average Bonchev–Trinajstić information content (AvgIpc) is 3.03. The van der Waals surface area contributed by atoms with Crippen molar-refractivity contribution in [3.8, 4) is 11.4 Å². The Kier molecular flexibility index (Phi) is 3.55. The van der Waals surface area contributed by atoms with E-state index in [4.69, 9.17) is 0 Å². The summed E-state index contributed by atoms with van der Waals surface area (Å²) in [6, 6.07) is 13.4. The Hall–Kier alpha value is -2.82. The molecule has 0 aliphatic carbocycles. The lowest BCUT2D eigenvalue weighted by atomic mass is 10.1. The molecule has 3 rings (SSSR count). The van der Waals surface area contributed by atoms with Crippen LogP contribution in [0.25, 0.3) is 5.69 Å². The van der Waals surface area contributed by atoms with Gasteiger partial charge in [-0.25, -0.2) is 0 Å². The van der Waals surface area contributed by atoms with Crippen LogP contribution in [0.15, 0.2) is 54.9 Å². The molecule has 106 valence electrons. The second kappa shape index (κ2) is 5.66. The van der Waals surface area contributed by atoms with Crippen LogP contribution in [0.4, 0.5) is 5.69 Å². The van der Waals surface area contributed by atoms with E-state index < -0.39 is 0 Å². The summed E-state index contributed by atoms with van der Waals surface area (Å²) in [7, 11) is 0. The zero-order chi connectivity index (χ0) is 14.7. The van der Waals surface area contributed by atoms with Crippen molar-refractivity contribution in [1.29, 1.82) is 0 Å². The van der Waals surface area contributed by atoms with Crippen LogP contribution in [0.1, 0.15) is 11.1 Å². The van der Waals surface area contributed by atoms with Crippen LogP contribution in [0.2, 0.25) is 0 Å². The first-order valence-corrected chi connectivity index (χ1v) is 6.71. The Balaban J connectivity index is 1.70. The molecule has 5 heteroatoms. The molecule has 0 bridgehead atoms. The first kappa shape index (κ1) is 13.2. The molecule has 2 aromatic carbocycles. The minimum Gasteiger partial charge on any atom is -0.508 e. The van der Waals surface area contributed by atoms with E-state index in [1.54, 1.807) is 23.3 Å². The Morgan fingerprint density at radius 3 is 2.48 bits per heavy atom. The zero-order valence-corrected chi connectivity index (χ0v) is 11.7. The third-order valence-electron chi connectivity index (χ3n) is 3.23. The number of anilines is 1. The van der Waals surface area contributed by atoms with Gasteiger partial charge in [0.05, 0.1) is 18.1 Å². The van der Waals surface area contributed by atoms with E-state index >= 15 is 0 Å². The molecular formula is C16H16N4O. The van der Waals surface area contributed by atoms with Crippen molar-refractivity contribution in [3.63, 3.8) is 0 Å². The van der Waals surface area contributed by atoms with Crippen LogP contribution in [0.3, 0.4) is 0 Å². The van der Waals surface area contributed by atoms with Crippen LogP contribution in [-0.2, 0) is 6.54 Å². The maximum absolute atomic E-state index is 9.82. The molecule has 0 saturated heterocycles. The molecule has 5 nitrogen and oxygen atoms in total. The predicted octanol–water partition coefficient (Wildman–Crippen LogP) is 2.89. The SMILES string of the molecule is Cc1ccc(O)c(CNc2ccc(-n3nccn3)cc2)c1. The summed E-state index contributed by atoms with van der Waals surface area (Å²) in [6.45, 7) is 2.59. The predicted molar refractivity (Wildman–Crippen MR) is 81.5 cm³/mol. The number of benzene rings is 2. The summed E-state index contributed by atoms with van der Waals surface area (Å²) in [5, 5.41) is 21.3. The summed E-state index contributed by atoms with van der Waals surface area (Å²) in [6.07, 6.45) is 3.29. The van der Waals surface area contributed by atoms with Gasteiger partial charge in [0, 0.05) is 17.8 Å². The molecule has 1 heterocycles. The fraction of sp³-hybridized carbons (Fsp3) is 0.125. The summed E-state index contributed by atoms with van der Waals surface area (Å²) in [4.78, 5) is 1.57. The maximum Gasteiger partial charge on any atom is 0.120 e. The van der Waals surface area contributed by atoms with Crippen molar-refractivity contribution >= 4 is 5.69 Å². The molecule has 2 N–H and O–H groups in total. The van der Waals surface area contributed by atoms with E-state index in [-0.39, 0.29) is 0 Å². The van der Waals surface area contributed by atoms with Crippen LogP contribution in [0.5, 0.6) is 5.75 Å². The normalized spacial score (nSPS) is 10.5. The van der Waals surface area contributed by atoms with Gasteiger partial charge in [0.25, 0.3) is 0 Å². The van der Waals surface area contributed by atoms with Gasteiger partial charge in [0.1, 0.15) is 5.75 Å². The van der Waals surface area contributed by atoms with Crippen molar-refractivity contribution in [2.75, 3.05) is 5.32 Å². The van der Waals surface area contributed by atoms with E-state index in [1.807, 2.05) is 43.3 Å². The van der Waals surface area contributed by atoms with E-state index in [0.717, 1.165) is 22.5 Å². The zero-order valence-electron chi connectivity index (χ0n) is 11.7. The molecule has 3 aromatic rings. The number of hydrogen-bond donors (Lipinski definition) is 2. The van der Waals surface area contributed by atoms with Gasteiger partial charge >= 0.3 is 0 Å². The largest absolute Gasteiger partial charge is 0.508 e. The van der Waals surface area contributed by atoms with E-state index in [0.29, 0.717) is 12.3 Å². The molecule has 21 heavy (non-hydrogen) atoms. The Morgan fingerprint density at radius 2 is 1.76 bits per heavy atom. The molecule has 0 unspecified atom stereocenters. The Bertz CT molecular complexity index is 721. The average molecular weight is 280 g/mol. The molecule has 0 radical (unpaired) electrons. The lowest BCUT2D eigenvalue weighted by molar-refractivity contribution is 0.469. The standard InChI is InChI=1S/C16H16N4O/c1-12-2-7-16(21)13(10-12)11-17-14-3-5-15(6-4-14)20-18-8-9-19-20/h2-10,17,21H,11H2,1H3. The second-order valence-electron chi connectivity index (χ2n) is 4.85. The molecule has 1 aromatic heterocycles. The number of aromatic hydroxyl groups is 1. The van der Waals surface area contributed by atoms with Crippen molar-refractivity contribution in [1.82, 2.24) is 15.0 Å². The first-order chi connectivity index (χ1) is 10.2. The molecule has 0 amide bonds. The Labute approximate surface area is 122 Å². The van der Waals surface area contributed by atoms with Crippen LogP contribution in [0, 0.1) is 6.92 Å².